The first-order chi connectivity index (χ1) is 10.2. The van der Waals surface area contributed by atoms with Crippen molar-refractivity contribution in [3.8, 4) is 0 Å². The summed E-state index contributed by atoms with van der Waals surface area (Å²) >= 11 is 3.31. The summed E-state index contributed by atoms with van der Waals surface area (Å²) in [5, 5.41) is 9.10. The summed E-state index contributed by atoms with van der Waals surface area (Å²) < 4.78 is 28.1. The predicted molar refractivity (Wildman–Crippen MR) is 87.8 cm³/mol. The summed E-state index contributed by atoms with van der Waals surface area (Å²) in [5.41, 5.74) is 1.67. The summed E-state index contributed by atoms with van der Waals surface area (Å²) in [4.78, 5) is 11.0. The SMILES string of the molecule is Cc1cc(Br)ccc1NS(=O)(=O)c1ccc(C)c(C(=O)O)c1. The van der Waals surface area contributed by atoms with Crippen molar-refractivity contribution in [1.82, 2.24) is 0 Å². The normalized spacial score (nSPS) is 11.2. The minimum Gasteiger partial charge on any atom is -0.478 e. The van der Waals surface area contributed by atoms with Crippen LogP contribution < -0.4 is 4.72 Å². The zero-order valence-corrected chi connectivity index (χ0v) is 14.3. The molecule has 116 valence electrons. The van der Waals surface area contributed by atoms with Crippen LogP contribution in [0.25, 0.3) is 0 Å². The van der Waals surface area contributed by atoms with Gasteiger partial charge in [0, 0.05) is 4.47 Å². The molecule has 0 heterocycles. The maximum atomic E-state index is 12.4. The van der Waals surface area contributed by atoms with Crippen molar-refractivity contribution in [2.24, 2.45) is 0 Å². The molecule has 7 heteroatoms. The molecule has 5 nitrogen and oxygen atoms in total. The second-order valence-corrected chi connectivity index (χ2v) is 7.44. The lowest BCUT2D eigenvalue weighted by molar-refractivity contribution is 0.0696. The van der Waals surface area contributed by atoms with Gasteiger partial charge in [0.1, 0.15) is 0 Å². The Kier molecular flexibility index (Phi) is 4.58. The first-order valence-corrected chi connectivity index (χ1v) is 8.61. The number of carbonyl (C=O) groups is 1. The molecule has 0 fully saturated rings. The van der Waals surface area contributed by atoms with E-state index in [4.69, 9.17) is 5.11 Å². The average molecular weight is 384 g/mol. The van der Waals surface area contributed by atoms with Gasteiger partial charge in [-0.3, -0.25) is 4.72 Å². The number of aryl methyl sites for hydroxylation is 2. The zero-order chi connectivity index (χ0) is 16.5. The largest absolute Gasteiger partial charge is 0.478 e. The second-order valence-electron chi connectivity index (χ2n) is 4.85. The molecule has 0 radical (unpaired) electrons. The molecular formula is C15H14BrNO4S. The zero-order valence-electron chi connectivity index (χ0n) is 11.9. The number of carboxylic acids is 1. The number of hydrogen-bond acceptors (Lipinski definition) is 3. The van der Waals surface area contributed by atoms with Crippen LogP contribution in [0, 0.1) is 13.8 Å². The van der Waals surface area contributed by atoms with Gasteiger partial charge in [-0.15, -0.1) is 0 Å². The Morgan fingerprint density at radius 1 is 1.09 bits per heavy atom. The lowest BCUT2D eigenvalue weighted by atomic mass is 10.1. The van der Waals surface area contributed by atoms with Crippen molar-refractivity contribution in [3.63, 3.8) is 0 Å². The molecule has 22 heavy (non-hydrogen) atoms. The Morgan fingerprint density at radius 3 is 2.36 bits per heavy atom. The Bertz CT molecular complexity index is 847. The molecular weight excluding hydrogens is 370 g/mol. The standard InChI is InChI=1S/C15H14BrNO4S/c1-9-3-5-12(8-13(9)15(18)19)22(20,21)17-14-6-4-11(16)7-10(14)2/h3-8,17H,1-2H3,(H,18,19). The molecule has 0 saturated heterocycles. The van der Waals surface area contributed by atoms with Crippen LogP contribution in [0.5, 0.6) is 0 Å². The van der Waals surface area contributed by atoms with Gasteiger partial charge in [0.15, 0.2) is 0 Å². The third-order valence-electron chi connectivity index (χ3n) is 3.18. The molecule has 0 atom stereocenters. The Balaban J connectivity index is 2.42. The van der Waals surface area contributed by atoms with Crippen LogP contribution in [0.15, 0.2) is 45.8 Å². The summed E-state index contributed by atoms with van der Waals surface area (Å²) in [6, 6.07) is 9.18. The fourth-order valence-electron chi connectivity index (χ4n) is 1.94. The molecule has 0 unspecified atom stereocenters. The van der Waals surface area contributed by atoms with Crippen molar-refractivity contribution >= 4 is 37.6 Å². The number of sulfonamides is 1. The summed E-state index contributed by atoms with van der Waals surface area (Å²) in [6.07, 6.45) is 0. The highest BCUT2D eigenvalue weighted by atomic mass is 79.9. The van der Waals surface area contributed by atoms with E-state index < -0.39 is 16.0 Å². The Hall–Kier alpha value is -1.86. The van der Waals surface area contributed by atoms with Gasteiger partial charge in [-0.2, -0.15) is 0 Å². The second kappa shape index (κ2) is 6.10. The molecule has 0 aliphatic heterocycles. The summed E-state index contributed by atoms with van der Waals surface area (Å²) in [5.74, 6) is -1.16. The number of hydrogen-bond donors (Lipinski definition) is 2. The fraction of sp³-hybridized carbons (Fsp3) is 0.133. The third-order valence-corrected chi connectivity index (χ3v) is 5.04. The smallest absolute Gasteiger partial charge is 0.335 e. The van der Waals surface area contributed by atoms with Crippen LogP contribution >= 0.6 is 15.9 Å². The van der Waals surface area contributed by atoms with E-state index in [9.17, 15) is 13.2 Å². The highest BCUT2D eigenvalue weighted by molar-refractivity contribution is 9.10. The van der Waals surface area contributed by atoms with Gasteiger partial charge >= 0.3 is 5.97 Å². The van der Waals surface area contributed by atoms with Crippen molar-refractivity contribution in [2.45, 2.75) is 18.7 Å². The van der Waals surface area contributed by atoms with Gasteiger partial charge in [0.2, 0.25) is 0 Å². The van der Waals surface area contributed by atoms with E-state index in [0.717, 1.165) is 16.1 Å². The van der Waals surface area contributed by atoms with Gasteiger partial charge in [0.05, 0.1) is 16.1 Å². The number of rotatable bonds is 4. The molecule has 2 aromatic rings. The Morgan fingerprint density at radius 2 is 1.77 bits per heavy atom. The number of halogens is 1. The van der Waals surface area contributed by atoms with Gasteiger partial charge in [0.25, 0.3) is 10.0 Å². The Labute approximate surface area is 137 Å². The van der Waals surface area contributed by atoms with Crippen molar-refractivity contribution in [2.75, 3.05) is 4.72 Å². The van der Waals surface area contributed by atoms with Crippen molar-refractivity contribution < 1.29 is 18.3 Å². The van der Waals surface area contributed by atoms with Crippen molar-refractivity contribution in [3.05, 3.63) is 57.6 Å². The first-order valence-electron chi connectivity index (χ1n) is 6.33. The maximum Gasteiger partial charge on any atom is 0.335 e. The summed E-state index contributed by atoms with van der Waals surface area (Å²) in [6.45, 7) is 3.40. The molecule has 0 spiro atoms. The monoisotopic (exact) mass is 383 g/mol. The highest BCUT2D eigenvalue weighted by Crippen LogP contribution is 2.24. The quantitative estimate of drug-likeness (QED) is 0.844. The summed E-state index contributed by atoms with van der Waals surface area (Å²) in [7, 11) is -3.85. The van der Waals surface area contributed by atoms with E-state index >= 15 is 0 Å². The number of benzene rings is 2. The van der Waals surface area contributed by atoms with E-state index in [1.807, 2.05) is 0 Å². The molecule has 0 saturated carbocycles. The lowest BCUT2D eigenvalue weighted by Crippen LogP contribution is -2.15. The molecule has 0 aromatic heterocycles. The van der Waals surface area contributed by atoms with Gasteiger partial charge < -0.3 is 5.11 Å². The molecule has 0 aliphatic carbocycles. The number of carboxylic acid groups (broad SMARTS) is 1. The van der Waals surface area contributed by atoms with E-state index in [2.05, 4.69) is 20.7 Å². The minimum absolute atomic E-state index is 0.0320. The first kappa shape index (κ1) is 16.5. The van der Waals surface area contributed by atoms with Crippen LogP contribution in [0.2, 0.25) is 0 Å². The van der Waals surface area contributed by atoms with Crippen LogP contribution in [0.1, 0.15) is 21.5 Å². The van der Waals surface area contributed by atoms with E-state index in [1.54, 1.807) is 32.0 Å². The molecule has 2 N–H and O–H groups in total. The third kappa shape index (κ3) is 3.48. The molecule has 0 aliphatic rings. The maximum absolute atomic E-state index is 12.4. The van der Waals surface area contributed by atoms with Crippen LogP contribution in [-0.4, -0.2) is 19.5 Å². The van der Waals surface area contributed by atoms with Crippen LogP contribution in [0.3, 0.4) is 0 Å². The lowest BCUT2D eigenvalue weighted by Gasteiger charge is -2.12. The van der Waals surface area contributed by atoms with E-state index in [0.29, 0.717) is 11.3 Å². The predicted octanol–water partition coefficient (Wildman–Crippen LogP) is 3.56. The molecule has 2 rings (SSSR count). The molecule has 0 amide bonds. The topological polar surface area (TPSA) is 83.5 Å². The molecule has 2 aromatic carbocycles. The average Bonchev–Trinajstić information content (AvgIpc) is 2.42. The molecule has 0 bridgehead atoms. The van der Waals surface area contributed by atoms with E-state index in [-0.39, 0.29) is 10.5 Å². The number of aromatic carboxylic acids is 1. The van der Waals surface area contributed by atoms with Crippen molar-refractivity contribution in [1.29, 1.82) is 0 Å². The number of anilines is 1. The highest BCUT2D eigenvalue weighted by Gasteiger charge is 2.18. The van der Waals surface area contributed by atoms with Gasteiger partial charge in [-0.05, 0) is 55.3 Å². The minimum atomic E-state index is -3.85. The number of nitrogens with one attached hydrogen (secondary N) is 1. The van der Waals surface area contributed by atoms with Gasteiger partial charge in [-0.25, -0.2) is 13.2 Å². The van der Waals surface area contributed by atoms with Gasteiger partial charge in [-0.1, -0.05) is 22.0 Å². The van der Waals surface area contributed by atoms with Crippen LogP contribution in [-0.2, 0) is 10.0 Å². The van der Waals surface area contributed by atoms with E-state index in [1.165, 1.54) is 12.1 Å². The van der Waals surface area contributed by atoms with Crippen LogP contribution in [0.4, 0.5) is 5.69 Å². The fourth-order valence-corrected chi connectivity index (χ4v) is 3.58.